The van der Waals surface area contributed by atoms with Gasteiger partial charge in [0.05, 0.1) is 0 Å². The molecular formula is C13H18N4. The number of piperidine rings is 1. The Balaban J connectivity index is 2.19. The fourth-order valence-corrected chi connectivity index (χ4v) is 2.38. The van der Waals surface area contributed by atoms with Gasteiger partial charge in [0.15, 0.2) is 0 Å². The van der Waals surface area contributed by atoms with Crippen molar-refractivity contribution in [2.45, 2.75) is 25.2 Å². The van der Waals surface area contributed by atoms with Crippen molar-refractivity contribution in [3.8, 4) is 0 Å². The third kappa shape index (κ3) is 2.60. The van der Waals surface area contributed by atoms with Crippen molar-refractivity contribution in [1.82, 2.24) is 4.90 Å². The van der Waals surface area contributed by atoms with Crippen molar-refractivity contribution in [2.24, 2.45) is 5.11 Å². The monoisotopic (exact) mass is 230 g/mol. The number of hydrogen-bond acceptors (Lipinski definition) is 2. The molecule has 0 radical (unpaired) electrons. The molecule has 1 fully saturated rings. The molecule has 1 aromatic rings. The molecule has 0 atom stereocenters. The molecule has 0 unspecified atom stereocenters. The van der Waals surface area contributed by atoms with Crippen LogP contribution in [0.25, 0.3) is 10.4 Å². The largest absolute Gasteiger partial charge is 0.306 e. The second-order valence-corrected chi connectivity index (χ2v) is 5.10. The topological polar surface area (TPSA) is 52.0 Å². The molecule has 0 spiro atoms. The van der Waals surface area contributed by atoms with E-state index < -0.39 is 0 Å². The fraction of sp³-hybridized carbons (Fsp3) is 0.538. The molecule has 1 heterocycles. The van der Waals surface area contributed by atoms with Gasteiger partial charge in [-0.25, -0.2) is 0 Å². The Morgan fingerprint density at radius 3 is 2.35 bits per heavy atom. The molecule has 0 aliphatic carbocycles. The van der Waals surface area contributed by atoms with Crippen molar-refractivity contribution >= 4 is 5.69 Å². The molecule has 4 heteroatoms. The molecule has 0 saturated carbocycles. The van der Waals surface area contributed by atoms with Gasteiger partial charge in [-0.3, -0.25) is 0 Å². The number of nitrogens with zero attached hydrogens (tertiary/aromatic N) is 4. The van der Waals surface area contributed by atoms with Gasteiger partial charge >= 0.3 is 0 Å². The highest BCUT2D eigenvalue weighted by Crippen LogP contribution is 2.35. The van der Waals surface area contributed by atoms with Crippen LogP contribution < -0.4 is 0 Å². The second-order valence-electron chi connectivity index (χ2n) is 5.10. The summed E-state index contributed by atoms with van der Waals surface area (Å²) in [6, 6.07) is 7.99. The lowest BCUT2D eigenvalue weighted by Gasteiger charge is -2.38. The predicted octanol–water partition coefficient (Wildman–Crippen LogP) is 3.61. The van der Waals surface area contributed by atoms with Crippen LogP contribution in [0.3, 0.4) is 0 Å². The van der Waals surface area contributed by atoms with Crippen LogP contribution in [0.1, 0.15) is 25.3 Å². The van der Waals surface area contributed by atoms with Crippen molar-refractivity contribution in [1.29, 1.82) is 0 Å². The van der Waals surface area contributed by atoms with Crippen molar-refractivity contribution < 1.29 is 0 Å². The minimum atomic E-state index is 0.265. The first-order valence-corrected chi connectivity index (χ1v) is 5.98. The number of azide groups is 1. The maximum atomic E-state index is 8.37. The van der Waals surface area contributed by atoms with E-state index >= 15 is 0 Å². The van der Waals surface area contributed by atoms with Gasteiger partial charge in [0, 0.05) is 10.6 Å². The van der Waals surface area contributed by atoms with Crippen LogP contribution in [0.4, 0.5) is 5.69 Å². The lowest BCUT2D eigenvalue weighted by Crippen LogP contribution is -2.38. The minimum Gasteiger partial charge on any atom is -0.306 e. The molecule has 0 N–H and O–H groups in total. The van der Waals surface area contributed by atoms with E-state index in [0.29, 0.717) is 5.69 Å². The zero-order valence-electron chi connectivity index (χ0n) is 10.4. The number of rotatable bonds is 2. The zero-order chi connectivity index (χ0) is 12.3. The Bertz CT molecular complexity index is 423. The van der Waals surface area contributed by atoms with Gasteiger partial charge in [0.25, 0.3) is 0 Å². The van der Waals surface area contributed by atoms with Crippen LogP contribution in [0.5, 0.6) is 0 Å². The van der Waals surface area contributed by atoms with Crippen molar-refractivity contribution in [3.63, 3.8) is 0 Å². The van der Waals surface area contributed by atoms with Crippen LogP contribution in [0.15, 0.2) is 29.4 Å². The van der Waals surface area contributed by atoms with E-state index in [0.717, 1.165) is 13.1 Å². The highest BCUT2D eigenvalue weighted by atomic mass is 15.1. The lowest BCUT2D eigenvalue weighted by molar-refractivity contribution is 0.200. The number of hydrogen-bond donors (Lipinski definition) is 0. The van der Waals surface area contributed by atoms with Gasteiger partial charge in [0.2, 0.25) is 0 Å². The van der Waals surface area contributed by atoms with E-state index in [4.69, 9.17) is 5.53 Å². The van der Waals surface area contributed by atoms with Gasteiger partial charge in [-0.05, 0) is 49.5 Å². The second kappa shape index (κ2) is 4.78. The first-order valence-electron chi connectivity index (χ1n) is 5.98. The summed E-state index contributed by atoms with van der Waals surface area (Å²) < 4.78 is 0. The summed E-state index contributed by atoms with van der Waals surface area (Å²) in [7, 11) is 2.17. The summed E-state index contributed by atoms with van der Waals surface area (Å²) in [6.07, 6.45) is 2.37. The Morgan fingerprint density at radius 2 is 1.82 bits per heavy atom. The van der Waals surface area contributed by atoms with E-state index in [1.807, 2.05) is 12.1 Å². The molecule has 1 saturated heterocycles. The standard InChI is InChI=1S/C13H18N4/c1-13(7-9-17(2)10-8-13)11-3-5-12(6-4-11)15-16-14/h3-6H,7-10H2,1-2H3. The molecular weight excluding hydrogens is 212 g/mol. The normalized spacial score (nSPS) is 19.6. The first kappa shape index (κ1) is 12.0. The Labute approximate surface area is 102 Å². The quantitative estimate of drug-likeness (QED) is 0.435. The van der Waals surface area contributed by atoms with Gasteiger partial charge in [0.1, 0.15) is 0 Å². The maximum absolute atomic E-state index is 8.37. The van der Waals surface area contributed by atoms with Crippen molar-refractivity contribution in [2.75, 3.05) is 20.1 Å². The van der Waals surface area contributed by atoms with Crippen molar-refractivity contribution in [3.05, 3.63) is 40.3 Å². The third-order valence-corrected chi connectivity index (χ3v) is 3.82. The first-order chi connectivity index (χ1) is 8.14. The molecule has 0 amide bonds. The van der Waals surface area contributed by atoms with Gasteiger partial charge < -0.3 is 4.90 Å². The summed E-state index contributed by atoms with van der Waals surface area (Å²) in [6.45, 7) is 4.62. The van der Waals surface area contributed by atoms with Crippen LogP contribution in [0, 0.1) is 0 Å². The molecule has 1 aliphatic rings. The SMILES string of the molecule is CN1CCC(C)(c2ccc(N=[N+]=[N-])cc2)CC1. The maximum Gasteiger partial charge on any atom is 0.0375 e. The summed E-state index contributed by atoms with van der Waals surface area (Å²) in [4.78, 5) is 5.16. The van der Waals surface area contributed by atoms with E-state index in [1.165, 1.54) is 18.4 Å². The van der Waals surface area contributed by atoms with E-state index in [1.54, 1.807) is 0 Å². The number of likely N-dealkylation sites (tertiary alicyclic amines) is 1. The highest BCUT2D eigenvalue weighted by molar-refractivity contribution is 5.41. The predicted molar refractivity (Wildman–Crippen MR) is 69.3 cm³/mol. The minimum absolute atomic E-state index is 0.265. The summed E-state index contributed by atoms with van der Waals surface area (Å²) in [5, 5.41) is 3.60. The Kier molecular flexibility index (Phi) is 3.36. The molecule has 1 aromatic carbocycles. The average molecular weight is 230 g/mol. The third-order valence-electron chi connectivity index (χ3n) is 3.82. The highest BCUT2D eigenvalue weighted by Gasteiger charge is 2.30. The smallest absolute Gasteiger partial charge is 0.0375 e. The molecule has 0 aromatic heterocycles. The van der Waals surface area contributed by atoms with E-state index in [2.05, 4.69) is 41.0 Å². The van der Waals surface area contributed by atoms with Gasteiger partial charge in [-0.15, -0.1) is 0 Å². The van der Waals surface area contributed by atoms with Crippen LogP contribution in [-0.4, -0.2) is 25.0 Å². The average Bonchev–Trinajstić information content (AvgIpc) is 2.35. The van der Waals surface area contributed by atoms with Crippen LogP contribution >= 0.6 is 0 Å². The van der Waals surface area contributed by atoms with E-state index in [-0.39, 0.29) is 5.41 Å². The Morgan fingerprint density at radius 1 is 1.24 bits per heavy atom. The lowest BCUT2D eigenvalue weighted by atomic mass is 9.74. The van der Waals surface area contributed by atoms with E-state index in [9.17, 15) is 0 Å². The molecule has 90 valence electrons. The molecule has 2 rings (SSSR count). The zero-order valence-corrected chi connectivity index (χ0v) is 10.4. The fourth-order valence-electron chi connectivity index (χ4n) is 2.38. The summed E-state index contributed by atoms with van der Waals surface area (Å²) in [5.41, 5.74) is 10.7. The molecule has 0 bridgehead atoms. The van der Waals surface area contributed by atoms with Crippen LogP contribution in [0.2, 0.25) is 0 Å². The summed E-state index contributed by atoms with van der Waals surface area (Å²) in [5.74, 6) is 0. The summed E-state index contributed by atoms with van der Waals surface area (Å²) >= 11 is 0. The van der Waals surface area contributed by atoms with Gasteiger partial charge in [-0.1, -0.05) is 36.3 Å². The number of benzene rings is 1. The van der Waals surface area contributed by atoms with Gasteiger partial charge in [-0.2, -0.15) is 0 Å². The molecule has 4 nitrogen and oxygen atoms in total. The molecule has 17 heavy (non-hydrogen) atoms. The van der Waals surface area contributed by atoms with Crippen LogP contribution in [-0.2, 0) is 5.41 Å². The Hall–Kier alpha value is -1.51. The molecule has 1 aliphatic heterocycles.